The maximum atomic E-state index is 12.1. The largest absolute Gasteiger partial charge is 0.394 e. The molecular weight excluding hydrogens is 728 g/mol. The zero-order chi connectivity index (χ0) is 40.9. The fraction of sp³-hybridized carbons (Fsp3) is 0.905. The summed E-state index contributed by atoms with van der Waals surface area (Å²) in [5, 5.41) is 94.7. The van der Waals surface area contributed by atoms with Crippen molar-refractivity contribution in [2.45, 2.75) is 172 Å². The summed E-state index contributed by atoms with van der Waals surface area (Å²) in [6.07, 6.45) is -4.44. The van der Waals surface area contributed by atoms with Crippen molar-refractivity contribution in [2.24, 2.45) is 45.3 Å². The number of aliphatic hydroxyl groups is 9. The minimum atomic E-state index is -1.59. The third-order valence-corrected chi connectivity index (χ3v) is 16.7. The molecule has 3 aliphatic heterocycles. The molecule has 0 amide bonds. The van der Waals surface area contributed by atoms with Gasteiger partial charge >= 0.3 is 0 Å². The number of rotatable bonds is 10. The Bertz CT molecular complexity index is 1480. The van der Waals surface area contributed by atoms with Crippen LogP contribution in [-0.4, -0.2) is 151 Å². The lowest BCUT2D eigenvalue weighted by molar-refractivity contribution is -0.329. The first-order valence-corrected chi connectivity index (χ1v) is 20.8. The van der Waals surface area contributed by atoms with Crippen LogP contribution < -0.4 is 0 Å². The summed E-state index contributed by atoms with van der Waals surface area (Å²) < 4.78 is 31.2. The number of fused-ring (bicyclic) bond motifs is 2. The van der Waals surface area contributed by atoms with Crippen molar-refractivity contribution in [3.63, 3.8) is 0 Å². The molecule has 0 aromatic carbocycles. The van der Waals surface area contributed by atoms with Gasteiger partial charge in [-0.15, -0.1) is 0 Å². The van der Waals surface area contributed by atoms with Gasteiger partial charge in [0.1, 0.15) is 54.9 Å². The second-order valence-electron chi connectivity index (χ2n) is 19.7. The van der Waals surface area contributed by atoms with Gasteiger partial charge in [0.15, 0.2) is 12.6 Å². The first-order chi connectivity index (χ1) is 26.2. The van der Waals surface area contributed by atoms with Crippen LogP contribution in [0.1, 0.15) is 87.0 Å². The van der Waals surface area contributed by atoms with Gasteiger partial charge in [-0.1, -0.05) is 58.4 Å². The average molecular weight is 797 g/mol. The summed E-state index contributed by atoms with van der Waals surface area (Å²) in [4.78, 5) is 0. The van der Waals surface area contributed by atoms with E-state index in [0.29, 0.717) is 13.0 Å². The molecule has 14 heteroatoms. The van der Waals surface area contributed by atoms with E-state index in [2.05, 4.69) is 46.8 Å². The monoisotopic (exact) mass is 796 g/mol. The molecule has 14 nitrogen and oxygen atoms in total. The molecule has 6 fully saturated rings. The van der Waals surface area contributed by atoms with Crippen LogP contribution in [0.2, 0.25) is 0 Å². The van der Waals surface area contributed by atoms with Crippen molar-refractivity contribution in [3.8, 4) is 0 Å². The molecule has 56 heavy (non-hydrogen) atoms. The molecule has 4 aliphatic carbocycles. The van der Waals surface area contributed by atoms with Gasteiger partial charge in [-0.05, 0) is 81.0 Å². The van der Waals surface area contributed by atoms with Crippen molar-refractivity contribution in [3.05, 3.63) is 23.8 Å². The number of aliphatic hydroxyl groups excluding tert-OH is 9. The first-order valence-electron chi connectivity index (χ1n) is 20.8. The summed E-state index contributed by atoms with van der Waals surface area (Å²) >= 11 is 0. The fourth-order valence-corrected chi connectivity index (χ4v) is 13.1. The smallest absolute Gasteiger partial charge is 0.187 e. The van der Waals surface area contributed by atoms with Gasteiger partial charge in [-0.25, -0.2) is 0 Å². The van der Waals surface area contributed by atoms with Gasteiger partial charge in [-0.3, -0.25) is 0 Å². The van der Waals surface area contributed by atoms with E-state index in [1.165, 1.54) is 0 Å². The van der Waals surface area contributed by atoms with E-state index in [1.54, 1.807) is 6.08 Å². The molecule has 2 unspecified atom stereocenters. The van der Waals surface area contributed by atoms with Gasteiger partial charge in [0.2, 0.25) is 0 Å². The number of hydrogen-bond acceptors (Lipinski definition) is 14. The standard InChI is InChI=1S/C42H68O14/c1-20(2)16-23(53-36-34(50)32(48)30(46)24(17-43)54-36)29(45)21(3)22-10-12-40(7)26-11-13-42-27(41(26,19-52-42)15-14-39(22,40)6)8-9-28(38(42,4)5)56-37-35(51)33(49)31(47)25(18-44)55-37/h11,13,16,21-37,43-51H,8-10,12,14-15,17-19H2,1-7H3/t21-,22+,23?,24+,25+,26-,27-,28-,29?,30+,31+,32+,33+,34+,35+,36+,37-,39+,40-,41-,42+/m0/s1. The van der Waals surface area contributed by atoms with Crippen molar-refractivity contribution in [2.75, 3.05) is 19.8 Å². The van der Waals surface area contributed by atoms with Gasteiger partial charge in [0, 0.05) is 16.7 Å². The van der Waals surface area contributed by atoms with Crippen molar-refractivity contribution < 1.29 is 69.6 Å². The summed E-state index contributed by atoms with van der Waals surface area (Å²) in [5.74, 6) is 0.350. The lowest BCUT2D eigenvalue weighted by Crippen LogP contribution is -2.66. The third kappa shape index (κ3) is 6.18. The molecule has 7 rings (SSSR count). The van der Waals surface area contributed by atoms with Crippen molar-refractivity contribution >= 4 is 0 Å². The minimum absolute atomic E-state index is 0.109. The molecule has 0 aromatic rings. The maximum absolute atomic E-state index is 12.1. The minimum Gasteiger partial charge on any atom is -0.394 e. The molecule has 0 radical (unpaired) electrons. The SMILES string of the molecule is CC(C)=CC(O[C@@H]1O[C@H](CO)[C@@H](O)[C@@H](O)[C@H]1O)C(O)[C@@H](C)[C@H]1CC[C@@]2(C)[C@@H]3C=C[C@@]45OC[C@]3(CC[C@]12C)[C@@H]4CC[C@H](O[C@@H]1O[C@H](CO)[C@@H](O)[C@@H](O)[C@H]1O)C5(C)C. The molecule has 0 aromatic heterocycles. The Kier molecular flexibility index (Phi) is 11.6. The highest BCUT2D eigenvalue weighted by atomic mass is 16.7. The highest BCUT2D eigenvalue weighted by Crippen LogP contribution is 2.77. The molecule has 9 N–H and O–H groups in total. The number of allylic oxidation sites excluding steroid dienone is 2. The molecule has 3 heterocycles. The molecule has 3 saturated carbocycles. The van der Waals surface area contributed by atoms with Crippen molar-refractivity contribution in [1.82, 2.24) is 0 Å². The van der Waals surface area contributed by atoms with Crippen LogP contribution in [0.4, 0.5) is 0 Å². The maximum Gasteiger partial charge on any atom is 0.187 e. The quantitative estimate of drug-likeness (QED) is 0.140. The predicted octanol–water partition coefficient (Wildman–Crippen LogP) is 0.914. The zero-order valence-corrected chi connectivity index (χ0v) is 34.0. The van der Waals surface area contributed by atoms with E-state index < -0.39 is 104 Å². The number of ether oxygens (including phenoxy) is 5. The summed E-state index contributed by atoms with van der Waals surface area (Å²) in [6, 6.07) is 0. The number of hydrogen-bond donors (Lipinski definition) is 9. The van der Waals surface area contributed by atoms with Crippen LogP contribution >= 0.6 is 0 Å². The van der Waals surface area contributed by atoms with E-state index in [0.717, 1.165) is 37.7 Å². The topological polar surface area (TPSA) is 228 Å². The van der Waals surface area contributed by atoms with Crippen LogP contribution in [0.15, 0.2) is 23.8 Å². The Morgan fingerprint density at radius 3 is 2.00 bits per heavy atom. The van der Waals surface area contributed by atoms with Gasteiger partial charge in [0.25, 0.3) is 0 Å². The van der Waals surface area contributed by atoms with E-state index in [9.17, 15) is 46.0 Å². The van der Waals surface area contributed by atoms with Gasteiger partial charge in [0.05, 0.1) is 37.6 Å². The second kappa shape index (κ2) is 15.1. The Labute approximate surface area is 330 Å². The first kappa shape index (κ1) is 43.0. The average Bonchev–Trinajstić information content (AvgIpc) is 3.56. The predicted molar refractivity (Wildman–Crippen MR) is 200 cm³/mol. The highest BCUT2D eigenvalue weighted by Gasteiger charge is 2.76. The Balaban J connectivity index is 1.11. The van der Waals surface area contributed by atoms with Crippen LogP contribution in [0.5, 0.6) is 0 Å². The van der Waals surface area contributed by atoms with Crippen LogP contribution in [0.3, 0.4) is 0 Å². The van der Waals surface area contributed by atoms with E-state index in [1.807, 2.05) is 13.8 Å². The van der Waals surface area contributed by atoms with Crippen LogP contribution in [0, 0.1) is 45.3 Å². The lowest BCUT2D eigenvalue weighted by Gasteiger charge is -2.65. The fourth-order valence-electron chi connectivity index (χ4n) is 13.1. The molecule has 21 atom stereocenters. The summed E-state index contributed by atoms with van der Waals surface area (Å²) in [6.45, 7) is 14.4. The molecule has 2 bridgehead atoms. The highest BCUT2D eigenvalue weighted by molar-refractivity contribution is 5.34. The second-order valence-corrected chi connectivity index (χ2v) is 19.7. The molecule has 1 spiro atoms. The molecule has 3 saturated heterocycles. The molecule has 320 valence electrons. The Morgan fingerprint density at radius 1 is 0.786 bits per heavy atom. The normalized spacial score (nSPS) is 52.4. The van der Waals surface area contributed by atoms with Crippen LogP contribution in [0.25, 0.3) is 0 Å². The van der Waals surface area contributed by atoms with E-state index in [-0.39, 0.29) is 39.9 Å². The Morgan fingerprint density at radius 2 is 1.39 bits per heavy atom. The van der Waals surface area contributed by atoms with E-state index >= 15 is 0 Å². The summed E-state index contributed by atoms with van der Waals surface area (Å²) in [5.41, 5.74) is -0.667. The van der Waals surface area contributed by atoms with Gasteiger partial charge in [-0.2, -0.15) is 0 Å². The zero-order valence-electron chi connectivity index (χ0n) is 34.0. The molecule has 7 aliphatic rings. The van der Waals surface area contributed by atoms with Crippen LogP contribution in [-0.2, 0) is 23.7 Å². The summed E-state index contributed by atoms with van der Waals surface area (Å²) in [7, 11) is 0. The third-order valence-electron chi connectivity index (χ3n) is 16.7. The van der Waals surface area contributed by atoms with E-state index in [4.69, 9.17) is 23.7 Å². The van der Waals surface area contributed by atoms with Crippen molar-refractivity contribution in [1.29, 1.82) is 0 Å². The Hall–Kier alpha value is -1.08. The molecular formula is C42H68O14. The lowest BCUT2D eigenvalue weighted by atomic mass is 9.38. The van der Waals surface area contributed by atoms with Gasteiger partial charge < -0.3 is 69.6 Å².